The lowest BCUT2D eigenvalue weighted by atomic mass is 10.0. The van der Waals surface area contributed by atoms with Gasteiger partial charge in [-0.25, -0.2) is 0 Å². The highest BCUT2D eigenvalue weighted by Crippen LogP contribution is 2.14. The van der Waals surface area contributed by atoms with Crippen molar-refractivity contribution in [3.63, 3.8) is 0 Å². The number of nitrogens with one attached hydrogen (secondary N) is 1. The fraction of sp³-hybridized carbons (Fsp3) is 0.733. The Morgan fingerprint density at radius 1 is 1.44 bits per heavy atom. The molecular formula is C15H26N2O. The predicted molar refractivity (Wildman–Crippen MR) is 74.7 cm³/mol. The van der Waals surface area contributed by atoms with Crippen molar-refractivity contribution < 1.29 is 4.42 Å². The van der Waals surface area contributed by atoms with Crippen LogP contribution in [-0.4, -0.2) is 30.6 Å². The number of hydrogen-bond acceptors (Lipinski definition) is 3. The molecule has 0 radical (unpaired) electrons. The molecule has 3 heteroatoms. The maximum atomic E-state index is 5.57. The fourth-order valence-electron chi connectivity index (χ4n) is 2.71. The summed E-state index contributed by atoms with van der Waals surface area (Å²) in [6.07, 6.45) is 7.02. The Morgan fingerprint density at radius 3 is 2.94 bits per heavy atom. The Hall–Kier alpha value is -0.800. The smallest absolute Gasteiger partial charge is 0.120 e. The Balaban J connectivity index is 1.88. The van der Waals surface area contributed by atoms with E-state index in [9.17, 15) is 0 Å². The molecule has 0 bridgehead atoms. The molecule has 102 valence electrons. The van der Waals surface area contributed by atoms with Gasteiger partial charge in [0, 0.05) is 12.6 Å². The van der Waals surface area contributed by atoms with E-state index in [-0.39, 0.29) is 0 Å². The molecule has 1 aromatic rings. The number of piperidine rings is 1. The Kier molecular flexibility index (Phi) is 5.26. The van der Waals surface area contributed by atoms with Gasteiger partial charge in [0.15, 0.2) is 0 Å². The van der Waals surface area contributed by atoms with Crippen molar-refractivity contribution in [2.75, 3.05) is 19.6 Å². The van der Waals surface area contributed by atoms with Gasteiger partial charge < -0.3 is 9.73 Å². The van der Waals surface area contributed by atoms with Gasteiger partial charge >= 0.3 is 0 Å². The summed E-state index contributed by atoms with van der Waals surface area (Å²) in [5, 5.41) is 3.63. The highest BCUT2D eigenvalue weighted by Gasteiger charge is 2.17. The summed E-state index contributed by atoms with van der Waals surface area (Å²) in [7, 11) is 0. The zero-order chi connectivity index (χ0) is 12.8. The molecule has 0 spiro atoms. The Bertz CT molecular complexity index is 342. The summed E-state index contributed by atoms with van der Waals surface area (Å²) < 4.78 is 5.57. The van der Waals surface area contributed by atoms with Gasteiger partial charge in [-0.3, -0.25) is 4.90 Å². The average Bonchev–Trinajstić information content (AvgIpc) is 2.77. The van der Waals surface area contributed by atoms with Crippen LogP contribution in [0.3, 0.4) is 0 Å². The fourth-order valence-corrected chi connectivity index (χ4v) is 2.71. The minimum atomic E-state index is 0.667. The molecule has 3 nitrogen and oxygen atoms in total. The van der Waals surface area contributed by atoms with Gasteiger partial charge in [0.1, 0.15) is 5.76 Å². The number of nitrogens with zero attached hydrogens (tertiary/aromatic N) is 1. The van der Waals surface area contributed by atoms with Crippen LogP contribution in [0.25, 0.3) is 0 Å². The van der Waals surface area contributed by atoms with E-state index < -0.39 is 0 Å². The third kappa shape index (κ3) is 3.85. The van der Waals surface area contributed by atoms with Crippen LogP contribution in [0.15, 0.2) is 16.7 Å². The van der Waals surface area contributed by atoms with Crippen molar-refractivity contribution in [1.82, 2.24) is 10.2 Å². The SMILES string of the molecule is CCCN(Cc1occc1C)CC1CCCCN1. The highest BCUT2D eigenvalue weighted by atomic mass is 16.3. The maximum absolute atomic E-state index is 5.57. The van der Waals surface area contributed by atoms with E-state index in [0.717, 1.165) is 25.4 Å². The molecule has 1 fully saturated rings. The van der Waals surface area contributed by atoms with E-state index in [0.29, 0.717) is 6.04 Å². The number of rotatable bonds is 6. The molecule has 1 saturated heterocycles. The normalized spacial score (nSPS) is 20.5. The molecule has 1 unspecified atom stereocenters. The van der Waals surface area contributed by atoms with Crippen molar-refractivity contribution in [3.8, 4) is 0 Å². The third-order valence-corrected chi connectivity index (χ3v) is 3.77. The van der Waals surface area contributed by atoms with Crippen LogP contribution >= 0.6 is 0 Å². The number of aryl methyl sites for hydroxylation is 1. The van der Waals surface area contributed by atoms with Gasteiger partial charge in [-0.15, -0.1) is 0 Å². The third-order valence-electron chi connectivity index (χ3n) is 3.77. The first-order chi connectivity index (χ1) is 8.79. The summed E-state index contributed by atoms with van der Waals surface area (Å²) in [6, 6.07) is 2.72. The first-order valence-corrected chi connectivity index (χ1v) is 7.28. The van der Waals surface area contributed by atoms with Crippen molar-refractivity contribution in [2.45, 2.75) is 52.1 Å². The largest absolute Gasteiger partial charge is 0.468 e. The summed E-state index contributed by atoms with van der Waals surface area (Å²) in [5.74, 6) is 1.12. The van der Waals surface area contributed by atoms with Crippen LogP contribution in [0.2, 0.25) is 0 Å². The van der Waals surface area contributed by atoms with Gasteiger partial charge in [0.2, 0.25) is 0 Å². The summed E-state index contributed by atoms with van der Waals surface area (Å²) in [4.78, 5) is 2.52. The Labute approximate surface area is 111 Å². The summed E-state index contributed by atoms with van der Waals surface area (Å²) in [5.41, 5.74) is 1.27. The van der Waals surface area contributed by atoms with Crippen LogP contribution in [0.1, 0.15) is 43.9 Å². The van der Waals surface area contributed by atoms with E-state index in [2.05, 4.69) is 30.1 Å². The summed E-state index contributed by atoms with van der Waals surface area (Å²) in [6.45, 7) is 8.81. The quantitative estimate of drug-likeness (QED) is 0.841. The first kappa shape index (κ1) is 13.6. The van der Waals surface area contributed by atoms with Gasteiger partial charge in [-0.1, -0.05) is 13.3 Å². The van der Waals surface area contributed by atoms with Gasteiger partial charge in [0.25, 0.3) is 0 Å². The molecule has 2 heterocycles. The monoisotopic (exact) mass is 250 g/mol. The van der Waals surface area contributed by atoms with Crippen molar-refractivity contribution in [1.29, 1.82) is 0 Å². The predicted octanol–water partition coefficient (Wildman–Crippen LogP) is 2.94. The Morgan fingerprint density at radius 2 is 2.33 bits per heavy atom. The molecule has 2 rings (SSSR count). The molecule has 0 saturated carbocycles. The highest BCUT2D eigenvalue weighted by molar-refractivity contribution is 5.14. The van der Waals surface area contributed by atoms with E-state index >= 15 is 0 Å². The van der Waals surface area contributed by atoms with Crippen molar-refractivity contribution >= 4 is 0 Å². The van der Waals surface area contributed by atoms with E-state index in [1.807, 2.05) is 0 Å². The number of furan rings is 1. The van der Waals surface area contributed by atoms with Gasteiger partial charge in [0.05, 0.1) is 12.8 Å². The van der Waals surface area contributed by atoms with Crippen LogP contribution < -0.4 is 5.32 Å². The van der Waals surface area contributed by atoms with Crippen molar-refractivity contribution in [3.05, 3.63) is 23.7 Å². The first-order valence-electron chi connectivity index (χ1n) is 7.28. The molecule has 1 atom stereocenters. The van der Waals surface area contributed by atoms with Crippen LogP contribution in [0.5, 0.6) is 0 Å². The lowest BCUT2D eigenvalue weighted by Crippen LogP contribution is -2.43. The lowest BCUT2D eigenvalue weighted by Gasteiger charge is -2.30. The second-order valence-corrected chi connectivity index (χ2v) is 5.41. The molecule has 0 amide bonds. The molecule has 1 aliphatic rings. The zero-order valence-corrected chi connectivity index (χ0v) is 11.7. The maximum Gasteiger partial charge on any atom is 0.120 e. The van der Waals surface area contributed by atoms with Gasteiger partial charge in [-0.2, -0.15) is 0 Å². The molecule has 1 N–H and O–H groups in total. The van der Waals surface area contributed by atoms with E-state index in [4.69, 9.17) is 4.42 Å². The standard InChI is InChI=1S/C15H26N2O/c1-3-9-17(11-14-6-4-5-8-16-14)12-15-13(2)7-10-18-15/h7,10,14,16H,3-6,8-9,11-12H2,1-2H3. The topological polar surface area (TPSA) is 28.4 Å². The molecule has 0 aromatic carbocycles. The second-order valence-electron chi connectivity index (χ2n) is 5.41. The molecule has 1 aliphatic heterocycles. The minimum Gasteiger partial charge on any atom is -0.468 e. The van der Waals surface area contributed by atoms with E-state index in [1.165, 1.54) is 37.8 Å². The number of hydrogen-bond donors (Lipinski definition) is 1. The van der Waals surface area contributed by atoms with E-state index in [1.54, 1.807) is 6.26 Å². The second kappa shape index (κ2) is 6.95. The zero-order valence-electron chi connectivity index (χ0n) is 11.7. The van der Waals surface area contributed by atoms with Crippen LogP contribution in [0, 0.1) is 6.92 Å². The summed E-state index contributed by atoms with van der Waals surface area (Å²) >= 11 is 0. The molecule has 0 aliphatic carbocycles. The molecular weight excluding hydrogens is 224 g/mol. The molecule has 18 heavy (non-hydrogen) atoms. The molecule has 1 aromatic heterocycles. The average molecular weight is 250 g/mol. The minimum absolute atomic E-state index is 0.667. The van der Waals surface area contributed by atoms with Crippen molar-refractivity contribution in [2.24, 2.45) is 0 Å². The van der Waals surface area contributed by atoms with Crippen LogP contribution in [-0.2, 0) is 6.54 Å². The van der Waals surface area contributed by atoms with Crippen LogP contribution in [0.4, 0.5) is 0 Å². The lowest BCUT2D eigenvalue weighted by molar-refractivity contribution is 0.203. The van der Waals surface area contributed by atoms with Gasteiger partial charge in [-0.05, 0) is 50.9 Å².